The Hall–Kier alpha value is -5.64. The molecule has 7 aromatic carbocycles. The molecule has 0 radical (unpaired) electrons. The van der Waals surface area contributed by atoms with Crippen LogP contribution in [0.4, 0.5) is 22.7 Å². The van der Waals surface area contributed by atoms with E-state index in [0.717, 1.165) is 0 Å². The summed E-state index contributed by atoms with van der Waals surface area (Å²) in [4.78, 5) is 2.43. The zero-order valence-electron chi connectivity index (χ0n) is 27.4. The zero-order valence-corrected chi connectivity index (χ0v) is 28.3. The lowest BCUT2D eigenvalue weighted by Gasteiger charge is -2.42. The van der Waals surface area contributed by atoms with Crippen molar-refractivity contribution >= 4 is 54.3 Å². The standard InChI is InChI=1S/C46H34N2S/c1-46(2)36-17-7-10-20-39(36)48(40-21-11-8-18-37(40)46)31-25-23-29(24-26-31)32-16-12-22-41-42(32)35-28-27-34-43(45(35)49-41)33-15-6-9-19-38(33)47-44(34)30-13-4-3-5-14-30/h3-28,44,47H,1-2H3. The summed E-state index contributed by atoms with van der Waals surface area (Å²) in [5, 5.41) is 6.51. The number of para-hydroxylation sites is 3. The summed E-state index contributed by atoms with van der Waals surface area (Å²) in [5.74, 6) is 0. The highest BCUT2D eigenvalue weighted by Crippen LogP contribution is 2.53. The summed E-state index contributed by atoms with van der Waals surface area (Å²) < 4.78 is 2.67. The second kappa shape index (κ2) is 10.7. The van der Waals surface area contributed by atoms with Crippen LogP contribution < -0.4 is 10.2 Å². The maximum Gasteiger partial charge on any atom is 0.0774 e. The number of fused-ring (bicyclic) bond motifs is 9. The van der Waals surface area contributed by atoms with Crippen molar-refractivity contribution in [3.63, 3.8) is 0 Å². The molecular weight excluding hydrogens is 613 g/mol. The van der Waals surface area contributed by atoms with E-state index in [0.29, 0.717) is 0 Å². The summed E-state index contributed by atoms with van der Waals surface area (Å²) in [6.45, 7) is 4.68. The van der Waals surface area contributed by atoms with E-state index in [1.54, 1.807) is 0 Å². The van der Waals surface area contributed by atoms with Crippen molar-refractivity contribution < 1.29 is 0 Å². The molecule has 1 atom stereocenters. The van der Waals surface area contributed by atoms with Crippen molar-refractivity contribution in [2.24, 2.45) is 0 Å². The molecule has 1 unspecified atom stereocenters. The van der Waals surface area contributed by atoms with Gasteiger partial charge in [-0.25, -0.2) is 0 Å². The Morgan fingerprint density at radius 2 is 1.24 bits per heavy atom. The van der Waals surface area contributed by atoms with Gasteiger partial charge in [0.1, 0.15) is 0 Å². The fourth-order valence-corrected chi connectivity index (χ4v) is 9.67. The van der Waals surface area contributed by atoms with Gasteiger partial charge in [-0.15, -0.1) is 11.3 Å². The molecule has 0 amide bonds. The van der Waals surface area contributed by atoms with Crippen molar-refractivity contribution in [3.8, 4) is 22.3 Å². The minimum absolute atomic E-state index is 0.0733. The summed E-state index contributed by atoms with van der Waals surface area (Å²) in [7, 11) is 0. The third kappa shape index (κ3) is 4.19. The quantitative estimate of drug-likeness (QED) is 0.205. The van der Waals surface area contributed by atoms with Gasteiger partial charge in [0.05, 0.1) is 17.4 Å². The molecule has 0 aliphatic carbocycles. The van der Waals surface area contributed by atoms with E-state index in [4.69, 9.17) is 0 Å². The van der Waals surface area contributed by atoms with Gasteiger partial charge in [-0.2, -0.15) is 0 Å². The van der Waals surface area contributed by atoms with E-state index in [-0.39, 0.29) is 11.5 Å². The first-order valence-electron chi connectivity index (χ1n) is 17.1. The van der Waals surface area contributed by atoms with Gasteiger partial charge in [0.2, 0.25) is 0 Å². The van der Waals surface area contributed by atoms with Crippen LogP contribution in [0, 0.1) is 0 Å². The lowest BCUT2D eigenvalue weighted by Crippen LogP contribution is -2.30. The zero-order chi connectivity index (χ0) is 32.7. The Kier molecular flexibility index (Phi) is 6.19. The number of hydrogen-bond acceptors (Lipinski definition) is 3. The maximum atomic E-state index is 3.86. The fourth-order valence-electron chi connectivity index (χ4n) is 8.37. The molecular formula is C46H34N2S. The Bertz CT molecular complexity index is 2510. The number of hydrogen-bond donors (Lipinski definition) is 1. The van der Waals surface area contributed by atoms with E-state index in [9.17, 15) is 0 Å². The highest BCUT2D eigenvalue weighted by atomic mass is 32.1. The van der Waals surface area contributed by atoms with Crippen molar-refractivity contribution in [3.05, 3.63) is 180 Å². The first-order valence-corrected chi connectivity index (χ1v) is 17.9. The van der Waals surface area contributed by atoms with Crippen LogP contribution in [0.1, 0.15) is 42.1 Å². The van der Waals surface area contributed by atoms with Crippen LogP contribution >= 0.6 is 11.3 Å². The van der Waals surface area contributed by atoms with Crippen LogP contribution in [0.2, 0.25) is 0 Å². The van der Waals surface area contributed by atoms with Gasteiger partial charge in [-0.3, -0.25) is 0 Å². The number of thiophene rings is 1. The van der Waals surface area contributed by atoms with E-state index >= 15 is 0 Å². The monoisotopic (exact) mass is 646 g/mol. The van der Waals surface area contributed by atoms with Gasteiger partial charge >= 0.3 is 0 Å². The van der Waals surface area contributed by atoms with Crippen LogP contribution in [0.25, 0.3) is 42.4 Å². The van der Waals surface area contributed by atoms with Crippen LogP contribution in [0.5, 0.6) is 0 Å². The first kappa shape index (κ1) is 28.4. The topological polar surface area (TPSA) is 15.3 Å². The summed E-state index contributed by atoms with van der Waals surface area (Å²) in [5.41, 5.74) is 15.2. The van der Waals surface area contributed by atoms with Gasteiger partial charge in [0.25, 0.3) is 0 Å². The molecule has 1 aromatic heterocycles. The molecule has 3 heterocycles. The van der Waals surface area contributed by atoms with Gasteiger partial charge < -0.3 is 10.2 Å². The third-order valence-corrected chi connectivity index (χ3v) is 11.9. The summed E-state index contributed by atoms with van der Waals surface area (Å²) in [6.07, 6.45) is 0. The SMILES string of the molecule is CC1(C)c2ccccc2N(c2ccc(-c3cccc4sc5c6c(ccc5c34)C(c3ccccc3)Nc3ccccc3-6)cc2)c2ccccc21. The molecule has 2 aliphatic heterocycles. The van der Waals surface area contributed by atoms with Crippen molar-refractivity contribution in [1.29, 1.82) is 0 Å². The Morgan fingerprint density at radius 1 is 0.592 bits per heavy atom. The number of nitrogens with one attached hydrogen (secondary N) is 1. The number of benzene rings is 7. The van der Waals surface area contributed by atoms with Crippen LogP contribution in [-0.4, -0.2) is 0 Å². The maximum absolute atomic E-state index is 3.86. The second-order valence-electron chi connectivity index (χ2n) is 13.8. The molecule has 2 aliphatic rings. The molecule has 0 bridgehead atoms. The molecule has 2 nitrogen and oxygen atoms in total. The van der Waals surface area contributed by atoms with E-state index in [2.05, 4.69) is 182 Å². The van der Waals surface area contributed by atoms with Crippen molar-refractivity contribution in [1.82, 2.24) is 0 Å². The number of nitrogens with zero attached hydrogens (tertiary/aromatic N) is 1. The predicted octanol–water partition coefficient (Wildman–Crippen LogP) is 13.0. The Balaban J connectivity index is 1.12. The van der Waals surface area contributed by atoms with Gasteiger partial charge in [0, 0.05) is 48.1 Å². The third-order valence-electron chi connectivity index (χ3n) is 10.7. The molecule has 10 rings (SSSR count). The molecule has 49 heavy (non-hydrogen) atoms. The lowest BCUT2D eigenvalue weighted by molar-refractivity contribution is 0.632. The van der Waals surface area contributed by atoms with Crippen LogP contribution in [0.15, 0.2) is 158 Å². The van der Waals surface area contributed by atoms with Gasteiger partial charge in [-0.1, -0.05) is 135 Å². The van der Waals surface area contributed by atoms with Crippen LogP contribution in [-0.2, 0) is 5.41 Å². The number of anilines is 4. The van der Waals surface area contributed by atoms with E-state index in [1.807, 2.05) is 11.3 Å². The van der Waals surface area contributed by atoms with Gasteiger partial charge in [0.15, 0.2) is 0 Å². The predicted molar refractivity (Wildman–Crippen MR) is 209 cm³/mol. The fraction of sp³-hybridized carbons (Fsp3) is 0.0870. The summed E-state index contributed by atoms with van der Waals surface area (Å²) in [6, 6.07) is 58.1. The Labute approximate surface area is 290 Å². The second-order valence-corrected chi connectivity index (χ2v) is 14.8. The lowest BCUT2D eigenvalue weighted by atomic mass is 9.73. The Morgan fingerprint density at radius 3 is 2.00 bits per heavy atom. The molecule has 3 heteroatoms. The van der Waals surface area contributed by atoms with Crippen molar-refractivity contribution in [2.75, 3.05) is 10.2 Å². The van der Waals surface area contributed by atoms with E-state index in [1.165, 1.54) is 87.4 Å². The highest BCUT2D eigenvalue weighted by Gasteiger charge is 2.36. The molecule has 0 spiro atoms. The van der Waals surface area contributed by atoms with Crippen molar-refractivity contribution in [2.45, 2.75) is 25.3 Å². The normalized spacial score (nSPS) is 15.6. The molecule has 0 saturated carbocycles. The highest BCUT2D eigenvalue weighted by molar-refractivity contribution is 7.26. The summed E-state index contributed by atoms with van der Waals surface area (Å²) >= 11 is 1.92. The molecule has 1 N–H and O–H groups in total. The van der Waals surface area contributed by atoms with Crippen LogP contribution in [0.3, 0.4) is 0 Å². The average Bonchev–Trinajstić information content (AvgIpc) is 3.55. The minimum Gasteiger partial charge on any atom is -0.374 e. The number of rotatable bonds is 3. The molecule has 234 valence electrons. The largest absolute Gasteiger partial charge is 0.374 e. The molecule has 8 aromatic rings. The molecule has 0 fully saturated rings. The van der Waals surface area contributed by atoms with Gasteiger partial charge in [-0.05, 0) is 69.8 Å². The minimum atomic E-state index is -0.0733. The van der Waals surface area contributed by atoms with E-state index < -0.39 is 0 Å². The average molecular weight is 647 g/mol. The molecule has 0 saturated heterocycles. The smallest absolute Gasteiger partial charge is 0.0774 e. The first-order chi connectivity index (χ1) is 24.1.